The molecule has 0 radical (unpaired) electrons. The first-order valence-corrected chi connectivity index (χ1v) is 7.07. The molecule has 0 fully saturated rings. The summed E-state index contributed by atoms with van der Waals surface area (Å²) < 4.78 is 0. The molecule has 0 unspecified atom stereocenters. The van der Waals surface area contributed by atoms with Gasteiger partial charge in [-0.3, -0.25) is 4.79 Å². The number of rotatable bonds is 4. The van der Waals surface area contributed by atoms with E-state index < -0.39 is 0 Å². The van der Waals surface area contributed by atoms with Crippen LogP contribution in [0.3, 0.4) is 0 Å². The molecule has 0 atom stereocenters. The Hall–Kier alpha value is -1.37. The first kappa shape index (κ1) is 15.7. The summed E-state index contributed by atoms with van der Waals surface area (Å²) in [5, 5.41) is 0. The van der Waals surface area contributed by atoms with Gasteiger partial charge in [-0.15, -0.1) is 0 Å². The van der Waals surface area contributed by atoms with Crippen molar-refractivity contribution in [2.45, 2.75) is 53.9 Å². The molecule has 104 valence electrons. The van der Waals surface area contributed by atoms with Crippen LogP contribution in [0.4, 0.5) is 0 Å². The summed E-state index contributed by atoms with van der Waals surface area (Å²) in [6, 6.07) is 0. The highest BCUT2D eigenvalue weighted by molar-refractivity contribution is 5.88. The minimum Gasteiger partial charge on any atom is -0.295 e. The number of hydrogen-bond acceptors (Lipinski definition) is 1. The SMILES string of the molecule is CC(=O)/C=C(C)/C=C/C=C/C1=C(C)CCCC1(C)C. The zero-order valence-electron chi connectivity index (χ0n) is 12.9. The molecule has 0 saturated carbocycles. The van der Waals surface area contributed by atoms with Gasteiger partial charge in [0.15, 0.2) is 5.78 Å². The highest BCUT2D eigenvalue weighted by Gasteiger charge is 2.26. The highest BCUT2D eigenvalue weighted by atomic mass is 16.1. The first-order valence-electron chi connectivity index (χ1n) is 7.07. The normalized spacial score (nSPS) is 20.6. The van der Waals surface area contributed by atoms with Gasteiger partial charge in [0.1, 0.15) is 0 Å². The van der Waals surface area contributed by atoms with Crippen molar-refractivity contribution >= 4 is 5.78 Å². The minimum atomic E-state index is 0.0955. The van der Waals surface area contributed by atoms with E-state index in [9.17, 15) is 4.79 Å². The number of hydrogen-bond donors (Lipinski definition) is 0. The van der Waals surface area contributed by atoms with Crippen molar-refractivity contribution in [2.24, 2.45) is 5.41 Å². The van der Waals surface area contributed by atoms with Gasteiger partial charge in [0, 0.05) is 0 Å². The largest absolute Gasteiger partial charge is 0.295 e. The fourth-order valence-electron chi connectivity index (χ4n) is 2.74. The van der Waals surface area contributed by atoms with E-state index in [1.54, 1.807) is 13.0 Å². The number of allylic oxidation sites excluding steroid dienone is 8. The van der Waals surface area contributed by atoms with Crippen LogP contribution in [0.1, 0.15) is 53.9 Å². The van der Waals surface area contributed by atoms with Crippen LogP contribution >= 0.6 is 0 Å². The zero-order chi connectivity index (χ0) is 14.5. The lowest BCUT2D eigenvalue weighted by molar-refractivity contribution is -0.112. The van der Waals surface area contributed by atoms with Crippen LogP contribution in [-0.4, -0.2) is 5.78 Å². The smallest absolute Gasteiger partial charge is 0.152 e. The first-order chi connectivity index (χ1) is 8.83. The average Bonchev–Trinajstić information content (AvgIpc) is 2.25. The van der Waals surface area contributed by atoms with E-state index in [2.05, 4.69) is 32.9 Å². The summed E-state index contributed by atoms with van der Waals surface area (Å²) in [6.07, 6.45) is 13.7. The van der Waals surface area contributed by atoms with Crippen LogP contribution in [0.5, 0.6) is 0 Å². The third kappa shape index (κ3) is 5.02. The van der Waals surface area contributed by atoms with Crippen molar-refractivity contribution in [2.75, 3.05) is 0 Å². The topological polar surface area (TPSA) is 17.1 Å². The summed E-state index contributed by atoms with van der Waals surface area (Å²) in [5.41, 5.74) is 4.26. The van der Waals surface area contributed by atoms with Gasteiger partial charge in [-0.05, 0) is 62.7 Å². The standard InChI is InChI=1S/C18H26O/c1-14(13-16(3)19)9-6-7-11-17-15(2)10-8-12-18(17,4)5/h6-7,9,11,13H,8,10,12H2,1-5H3/b9-6+,11-7+,14-13+. The Bertz CT molecular complexity index is 456. The van der Waals surface area contributed by atoms with Gasteiger partial charge < -0.3 is 0 Å². The molecule has 1 aliphatic carbocycles. The molecule has 1 aliphatic rings. The quantitative estimate of drug-likeness (QED) is 0.503. The van der Waals surface area contributed by atoms with Crippen LogP contribution < -0.4 is 0 Å². The Morgan fingerprint density at radius 2 is 1.89 bits per heavy atom. The van der Waals surface area contributed by atoms with Crippen LogP contribution in [-0.2, 0) is 4.79 Å². The molecule has 0 heterocycles. The molecular formula is C18H26O. The highest BCUT2D eigenvalue weighted by Crippen LogP contribution is 2.40. The Labute approximate surface area is 117 Å². The third-order valence-electron chi connectivity index (χ3n) is 3.71. The number of carbonyl (C=O) groups excluding carboxylic acids is 1. The molecule has 0 aromatic heterocycles. The Morgan fingerprint density at radius 3 is 2.47 bits per heavy atom. The molecule has 0 aliphatic heterocycles. The van der Waals surface area contributed by atoms with Gasteiger partial charge in [0.05, 0.1) is 0 Å². The van der Waals surface area contributed by atoms with Gasteiger partial charge in [-0.25, -0.2) is 0 Å². The third-order valence-corrected chi connectivity index (χ3v) is 3.71. The monoisotopic (exact) mass is 258 g/mol. The van der Waals surface area contributed by atoms with Gasteiger partial charge in [0.25, 0.3) is 0 Å². The molecule has 0 spiro atoms. The van der Waals surface area contributed by atoms with Gasteiger partial charge >= 0.3 is 0 Å². The molecule has 1 nitrogen and oxygen atoms in total. The van der Waals surface area contributed by atoms with E-state index in [0.717, 1.165) is 5.57 Å². The van der Waals surface area contributed by atoms with Gasteiger partial charge in [0.2, 0.25) is 0 Å². The maximum Gasteiger partial charge on any atom is 0.152 e. The van der Waals surface area contributed by atoms with Crippen molar-refractivity contribution < 1.29 is 4.79 Å². The fourth-order valence-corrected chi connectivity index (χ4v) is 2.74. The Balaban J connectivity index is 2.76. The number of carbonyl (C=O) groups is 1. The Kier molecular flexibility index (Phi) is 5.53. The Morgan fingerprint density at radius 1 is 1.21 bits per heavy atom. The van der Waals surface area contributed by atoms with Crippen LogP contribution in [0, 0.1) is 5.41 Å². The predicted octanol–water partition coefficient (Wildman–Crippen LogP) is 5.16. The molecule has 0 amide bonds. The van der Waals surface area contributed by atoms with Crippen LogP contribution in [0.2, 0.25) is 0 Å². The van der Waals surface area contributed by atoms with Crippen molar-refractivity contribution in [3.05, 3.63) is 47.1 Å². The molecule has 19 heavy (non-hydrogen) atoms. The van der Waals surface area contributed by atoms with Crippen LogP contribution in [0.25, 0.3) is 0 Å². The second-order valence-corrected chi connectivity index (χ2v) is 6.15. The summed E-state index contributed by atoms with van der Waals surface area (Å²) in [6.45, 7) is 10.4. The summed E-state index contributed by atoms with van der Waals surface area (Å²) >= 11 is 0. The fraction of sp³-hybridized carbons (Fsp3) is 0.500. The lowest BCUT2D eigenvalue weighted by atomic mass is 9.73. The maximum atomic E-state index is 10.9. The van der Waals surface area contributed by atoms with E-state index in [4.69, 9.17) is 0 Å². The molecule has 0 aromatic carbocycles. The average molecular weight is 258 g/mol. The zero-order valence-corrected chi connectivity index (χ0v) is 12.9. The lowest BCUT2D eigenvalue weighted by Gasteiger charge is -2.32. The van der Waals surface area contributed by atoms with E-state index in [1.165, 1.54) is 30.4 Å². The van der Waals surface area contributed by atoms with Crippen LogP contribution in [0.15, 0.2) is 47.1 Å². The summed E-state index contributed by atoms with van der Waals surface area (Å²) in [4.78, 5) is 10.9. The van der Waals surface area contributed by atoms with E-state index in [0.29, 0.717) is 0 Å². The van der Waals surface area contributed by atoms with E-state index in [1.807, 2.05) is 19.1 Å². The molecule has 0 N–H and O–H groups in total. The van der Waals surface area contributed by atoms with Crippen molar-refractivity contribution in [1.29, 1.82) is 0 Å². The maximum absolute atomic E-state index is 10.9. The second-order valence-electron chi connectivity index (χ2n) is 6.15. The van der Waals surface area contributed by atoms with Gasteiger partial charge in [-0.1, -0.05) is 43.7 Å². The van der Waals surface area contributed by atoms with Crippen molar-refractivity contribution in [1.82, 2.24) is 0 Å². The molecule has 1 rings (SSSR count). The van der Waals surface area contributed by atoms with Gasteiger partial charge in [-0.2, -0.15) is 0 Å². The van der Waals surface area contributed by atoms with Crippen molar-refractivity contribution in [3.63, 3.8) is 0 Å². The summed E-state index contributed by atoms with van der Waals surface area (Å²) in [7, 11) is 0. The second kappa shape index (κ2) is 6.70. The molecule has 0 bridgehead atoms. The summed E-state index contributed by atoms with van der Waals surface area (Å²) in [5.74, 6) is 0.0955. The number of ketones is 1. The van der Waals surface area contributed by atoms with Crippen molar-refractivity contribution in [3.8, 4) is 0 Å². The predicted molar refractivity (Wildman–Crippen MR) is 83.1 cm³/mol. The lowest BCUT2D eigenvalue weighted by Crippen LogP contribution is -2.18. The molecular weight excluding hydrogens is 232 g/mol. The van der Waals surface area contributed by atoms with E-state index in [-0.39, 0.29) is 11.2 Å². The minimum absolute atomic E-state index is 0.0955. The van der Waals surface area contributed by atoms with E-state index >= 15 is 0 Å². The molecule has 1 heteroatoms. The molecule has 0 aromatic rings. The molecule has 0 saturated heterocycles.